The molecule has 1 N–H and O–H groups in total. The third kappa shape index (κ3) is 4.37. The van der Waals surface area contributed by atoms with Crippen LogP contribution in [0.4, 0.5) is 11.4 Å². The van der Waals surface area contributed by atoms with Crippen LogP contribution in [-0.4, -0.2) is 29.3 Å². The molecule has 1 aliphatic rings. The van der Waals surface area contributed by atoms with Crippen molar-refractivity contribution in [3.05, 3.63) is 68.7 Å². The maximum absolute atomic E-state index is 12.1. The quantitative estimate of drug-likeness (QED) is 0.342. The summed E-state index contributed by atoms with van der Waals surface area (Å²) in [7, 11) is 0. The van der Waals surface area contributed by atoms with Crippen LogP contribution in [0.5, 0.6) is 0 Å². The molecule has 0 atom stereocenters. The average molecular weight is 375 g/mol. The number of nitro benzene ring substituents is 1. The Labute approximate surface area is 154 Å². The number of nitrogens with one attached hydrogen (secondary N) is 1. The highest BCUT2D eigenvalue weighted by atomic mass is 35.5. The lowest BCUT2D eigenvalue weighted by molar-refractivity contribution is -0.384. The van der Waals surface area contributed by atoms with Gasteiger partial charge in [0.2, 0.25) is 0 Å². The zero-order chi connectivity index (χ0) is 18.7. The minimum absolute atomic E-state index is 0.0157. The lowest BCUT2D eigenvalue weighted by atomic mass is 10.1. The van der Waals surface area contributed by atoms with Crippen molar-refractivity contribution in [2.75, 3.05) is 11.9 Å². The molecule has 7 nitrogen and oxygen atoms in total. The Balaban J connectivity index is 1.67. The Morgan fingerprint density at radius 1 is 1.15 bits per heavy atom. The summed E-state index contributed by atoms with van der Waals surface area (Å²) in [6.07, 6.45) is 1.93. The molecule has 0 unspecified atom stereocenters. The summed E-state index contributed by atoms with van der Waals surface area (Å²) < 4.78 is 4.98. The van der Waals surface area contributed by atoms with Gasteiger partial charge >= 0.3 is 5.97 Å². The van der Waals surface area contributed by atoms with E-state index in [9.17, 15) is 19.7 Å². The van der Waals surface area contributed by atoms with Crippen LogP contribution in [0.15, 0.2) is 42.5 Å². The second kappa shape index (κ2) is 7.53. The number of carbonyl (C=O) groups excluding carboxylic acids is 2. The van der Waals surface area contributed by atoms with E-state index in [1.54, 1.807) is 12.1 Å². The number of rotatable bonds is 7. The van der Waals surface area contributed by atoms with Crippen LogP contribution < -0.4 is 5.32 Å². The van der Waals surface area contributed by atoms with E-state index in [1.807, 2.05) is 0 Å². The van der Waals surface area contributed by atoms with Crippen LogP contribution in [0.25, 0.3) is 0 Å². The number of Topliss-reactive ketones (excluding diaryl/α,β-unsaturated/α-hetero) is 1. The Bertz CT molecular complexity index is 862. The van der Waals surface area contributed by atoms with Gasteiger partial charge in [-0.15, -0.1) is 0 Å². The standard InChI is InChI=1S/C18H15ClN2O5/c19-13-4-1-11(2-5-13)17(22)10-26-18(23)12-3-8-15(20-14-6-7-14)16(9-12)21(24)25/h1-5,8-9,14,20H,6-7,10H2. The number of hydrogen-bond donors (Lipinski definition) is 1. The van der Waals surface area contributed by atoms with Crippen molar-refractivity contribution in [2.24, 2.45) is 0 Å². The highest BCUT2D eigenvalue weighted by Gasteiger charge is 2.26. The fourth-order valence-electron chi connectivity index (χ4n) is 2.31. The normalized spacial score (nSPS) is 13.1. The molecule has 26 heavy (non-hydrogen) atoms. The Kier molecular flexibility index (Phi) is 5.18. The summed E-state index contributed by atoms with van der Waals surface area (Å²) in [5.74, 6) is -1.19. The van der Waals surface area contributed by atoms with Gasteiger partial charge in [-0.25, -0.2) is 4.79 Å². The van der Waals surface area contributed by atoms with Gasteiger partial charge in [0.15, 0.2) is 12.4 Å². The van der Waals surface area contributed by atoms with Crippen molar-refractivity contribution in [2.45, 2.75) is 18.9 Å². The molecule has 3 rings (SSSR count). The molecule has 2 aromatic rings. The fraction of sp³-hybridized carbons (Fsp3) is 0.222. The number of benzene rings is 2. The van der Waals surface area contributed by atoms with Crippen LogP contribution >= 0.6 is 11.6 Å². The molecule has 0 aliphatic heterocycles. The molecule has 8 heteroatoms. The van der Waals surface area contributed by atoms with Gasteiger partial charge in [0.25, 0.3) is 5.69 Å². The summed E-state index contributed by atoms with van der Waals surface area (Å²) in [5, 5.41) is 14.8. The summed E-state index contributed by atoms with van der Waals surface area (Å²) in [4.78, 5) is 34.8. The molecule has 134 valence electrons. The Morgan fingerprint density at radius 3 is 2.42 bits per heavy atom. The molecule has 0 bridgehead atoms. The van der Waals surface area contributed by atoms with Crippen molar-refractivity contribution in [3.63, 3.8) is 0 Å². The maximum atomic E-state index is 12.1. The third-order valence-corrected chi connectivity index (χ3v) is 4.12. The number of anilines is 1. The summed E-state index contributed by atoms with van der Waals surface area (Å²) in [6, 6.07) is 10.5. The molecule has 0 saturated heterocycles. The highest BCUT2D eigenvalue weighted by Crippen LogP contribution is 2.31. The number of halogens is 1. The van der Waals surface area contributed by atoms with Crippen molar-refractivity contribution in [1.29, 1.82) is 0 Å². The Morgan fingerprint density at radius 2 is 1.81 bits per heavy atom. The van der Waals surface area contributed by atoms with E-state index < -0.39 is 23.3 Å². The van der Waals surface area contributed by atoms with Crippen LogP contribution in [-0.2, 0) is 4.74 Å². The van der Waals surface area contributed by atoms with Gasteiger partial charge in [0.1, 0.15) is 5.69 Å². The zero-order valence-electron chi connectivity index (χ0n) is 13.6. The molecule has 0 aromatic heterocycles. The van der Waals surface area contributed by atoms with Gasteiger partial charge in [-0.1, -0.05) is 11.6 Å². The van der Waals surface area contributed by atoms with Gasteiger partial charge in [0, 0.05) is 22.7 Å². The zero-order valence-corrected chi connectivity index (χ0v) is 14.4. The topological polar surface area (TPSA) is 98.5 Å². The first kappa shape index (κ1) is 17.9. The predicted molar refractivity (Wildman–Crippen MR) is 95.8 cm³/mol. The number of nitro groups is 1. The van der Waals surface area contributed by atoms with Gasteiger partial charge in [-0.2, -0.15) is 0 Å². The summed E-state index contributed by atoms with van der Waals surface area (Å²) in [5.41, 5.74) is 0.542. The van der Waals surface area contributed by atoms with Crippen molar-refractivity contribution in [1.82, 2.24) is 0 Å². The molecule has 1 fully saturated rings. The first-order valence-electron chi connectivity index (χ1n) is 7.95. The minimum atomic E-state index is -0.798. The number of ether oxygens (including phenoxy) is 1. The van der Waals surface area contributed by atoms with E-state index in [0.717, 1.165) is 18.9 Å². The molecular formula is C18H15ClN2O5. The summed E-state index contributed by atoms with van der Waals surface area (Å²) >= 11 is 5.76. The first-order valence-corrected chi connectivity index (χ1v) is 8.32. The van der Waals surface area contributed by atoms with Gasteiger partial charge in [0.05, 0.1) is 10.5 Å². The SMILES string of the molecule is O=C(COC(=O)c1ccc(NC2CC2)c([N+](=O)[O-])c1)c1ccc(Cl)cc1. The van der Waals surface area contributed by atoms with Crippen LogP contribution in [0.1, 0.15) is 33.6 Å². The molecule has 2 aromatic carbocycles. The van der Waals surface area contributed by atoms with E-state index in [1.165, 1.54) is 24.3 Å². The van der Waals surface area contributed by atoms with Gasteiger partial charge in [-0.3, -0.25) is 14.9 Å². The van der Waals surface area contributed by atoms with Crippen molar-refractivity contribution in [3.8, 4) is 0 Å². The van der Waals surface area contributed by atoms with Gasteiger partial charge in [-0.05, 0) is 49.2 Å². The second-order valence-electron chi connectivity index (χ2n) is 5.91. The minimum Gasteiger partial charge on any atom is -0.454 e. The van der Waals surface area contributed by atoms with Crippen LogP contribution in [0.2, 0.25) is 5.02 Å². The highest BCUT2D eigenvalue weighted by molar-refractivity contribution is 6.30. The van der Waals surface area contributed by atoms with E-state index >= 15 is 0 Å². The number of ketones is 1. The fourth-order valence-corrected chi connectivity index (χ4v) is 2.44. The largest absolute Gasteiger partial charge is 0.454 e. The average Bonchev–Trinajstić information content (AvgIpc) is 3.44. The monoisotopic (exact) mass is 374 g/mol. The first-order chi connectivity index (χ1) is 12.4. The van der Waals surface area contributed by atoms with Crippen molar-refractivity contribution >= 4 is 34.7 Å². The smallest absolute Gasteiger partial charge is 0.338 e. The second-order valence-corrected chi connectivity index (χ2v) is 6.35. The molecule has 0 amide bonds. The lowest BCUT2D eigenvalue weighted by Crippen LogP contribution is -2.14. The molecule has 1 saturated carbocycles. The van der Waals surface area contributed by atoms with E-state index in [0.29, 0.717) is 16.3 Å². The van der Waals surface area contributed by atoms with Crippen LogP contribution in [0, 0.1) is 10.1 Å². The number of carbonyl (C=O) groups is 2. The van der Waals surface area contributed by atoms with Crippen LogP contribution in [0.3, 0.4) is 0 Å². The van der Waals surface area contributed by atoms with Crippen molar-refractivity contribution < 1.29 is 19.2 Å². The molecular weight excluding hydrogens is 360 g/mol. The number of nitrogens with zero attached hydrogens (tertiary/aromatic N) is 1. The number of esters is 1. The summed E-state index contributed by atoms with van der Waals surface area (Å²) in [6.45, 7) is -0.462. The van der Waals surface area contributed by atoms with E-state index in [2.05, 4.69) is 5.32 Å². The third-order valence-electron chi connectivity index (χ3n) is 3.87. The molecule has 0 radical (unpaired) electrons. The number of hydrogen-bond acceptors (Lipinski definition) is 6. The lowest BCUT2D eigenvalue weighted by Gasteiger charge is -2.08. The molecule has 1 aliphatic carbocycles. The predicted octanol–water partition coefficient (Wildman–Crippen LogP) is 3.86. The maximum Gasteiger partial charge on any atom is 0.338 e. The Hall–Kier alpha value is -2.93. The molecule has 0 heterocycles. The van der Waals surface area contributed by atoms with E-state index in [-0.39, 0.29) is 17.3 Å². The van der Waals surface area contributed by atoms with E-state index in [4.69, 9.17) is 16.3 Å². The molecule has 0 spiro atoms. The van der Waals surface area contributed by atoms with Gasteiger partial charge < -0.3 is 10.1 Å².